The first-order valence-electron chi connectivity index (χ1n) is 13.5. The van der Waals surface area contributed by atoms with E-state index in [0.29, 0.717) is 30.1 Å². The summed E-state index contributed by atoms with van der Waals surface area (Å²) in [6, 6.07) is 14.3. The van der Waals surface area contributed by atoms with Crippen LogP contribution in [-0.4, -0.2) is 84.7 Å². The molecule has 1 aliphatic rings. The van der Waals surface area contributed by atoms with Gasteiger partial charge in [0.25, 0.3) is 0 Å². The highest BCUT2D eigenvalue weighted by Crippen LogP contribution is 2.22. The normalized spacial score (nSPS) is 14.4. The zero-order valence-corrected chi connectivity index (χ0v) is 22.7. The fourth-order valence-corrected chi connectivity index (χ4v) is 4.53. The zero-order valence-electron chi connectivity index (χ0n) is 22.7. The molecule has 3 rings (SSSR count). The van der Waals surface area contributed by atoms with Crippen molar-refractivity contribution in [1.82, 2.24) is 10.2 Å². The molecule has 2 aromatic rings. The van der Waals surface area contributed by atoms with Gasteiger partial charge in [0.2, 0.25) is 0 Å². The summed E-state index contributed by atoms with van der Waals surface area (Å²) in [7, 11) is 0. The maximum absolute atomic E-state index is 10.9. The molecule has 0 bridgehead atoms. The fraction of sp³-hybridized carbons (Fsp3) is 0.448. The van der Waals surface area contributed by atoms with Crippen LogP contribution < -0.4 is 20.5 Å². The van der Waals surface area contributed by atoms with Crippen LogP contribution >= 0.6 is 0 Å². The monoisotopic (exact) mass is 553 g/mol. The van der Waals surface area contributed by atoms with Crippen LogP contribution in [0.1, 0.15) is 43.2 Å². The minimum atomic E-state index is -1.10. The number of carboxylic acids is 2. The lowest BCUT2D eigenvalue weighted by Crippen LogP contribution is -2.35. The van der Waals surface area contributed by atoms with Crippen molar-refractivity contribution in [2.24, 2.45) is 16.6 Å². The van der Waals surface area contributed by atoms with Gasteiger partial charge in [0.15, 0.2) is 0 Å². The number of hydrogen-bond acceptors (Lipinski definition) is 7. The van der Waals surface area contributed by atoms with E-state index >= 15 is 0 Å². The van der Waals surface area contributed by atoms with Crippen molar-refractivity contribution in [1.29, 1.82) is 5.41 Å². The van der Waals surface area contributed by atoms with Crippen LogP contribution in [0, 0.1) is 11.3 Å². The number of carbonyl (C=O) groups is 2. The Hall–Kier alpha value is -4.12. The van der Waals surface area contributed by atoms with E-state index in [9.17, 15) is 9.59 Å². The maximum atomic E-state index is 10.9. The Morgan fingerprint density at radius 3 is 2.05 bits per heavy atom. The summed E-state index contributed by atoms with van der Waals surface area (Å²) in [5.41, 5.74) is 6.77. The van der Waals surface area contributed by atoms with E-state index in [-0.39, 0.29) is 18.2 Å². The molecule has 0 unspecified atom stereocenters. The third kappa shape index (κ3) is 10.9. The molecule has 0 radical (unpaired) electrons. The fourth-order valence-electron chi connectivity index (χ4n) is 4.53. The Labute approximate surface area is 234 Å². The van der Waals surface area contributed by atoms with Crippen molar-refractivity contribution in [3.05, 3.63) is 59.7 Å². The third-order valence-corrected chi connectivity index (χ3v) is 6.69. The molecule has 0 atom stereocenters. The van der Waals surface area contributed by atoms with Gasteiger partial charge in [-0.25, -0.2) is 0 Å². The molecule has 40 heavy (non-hydrogen) atoms. The van der Waals surface area contributed by atoms with Gasteiger partial charge in [-0.15, -0.1) is 0 Å². The van der Waals surface area contributed by atoms with Gasteiger partial charge in [0.05, 0.1) is 13.2 Å². The van der Waals surface area contributed by atoms with E-state index in [2.05, 4.69) is 15.2 Å². The van der Waals surface area contributed by atoms with Crippen molar-refractivity contribution >= 4 is 23.6 Å². The molecular formula is C29H39N5O6. The van der Waals surface area contributed by atoms with E-state index in [4.69, 9.17) is 30.8 Å². The van der Waals surface area contributed by atoms with Crippen LogP contribution in [0.4, 0.5) is 0 Å². The minimum absolute atomic E-state index is 0.0581. The molecular weight excluding hydrogens is 514 g/mol. The van der Waals surface area contributed by atoms with Gasteiger partial charge < -0.3 is 35.6 Å². The van der Waals surface area contributed by atoms with Gasteiger partial charge in [0, 0.05) is 17.7 Å². The molecule has 0 spiro atoms. The van der Waals surface area contributed by atoms with Crippen LogP contribution in [0.15, 0.2) is 53.5 Å². The first-order chi connectivity index (χ1) is 19.3. The van der Waals surface area contributed by atoms with Gasteiger partial charge in [-0.1, -0.05) is 0 Å². The molecule has 0 aromatic heterocycles. The number of aliphatic carboxylic acids is 2. The van der Waals surface area contributed by atoms with Crippen LogP contribution in [-0.2, 0) is 9.59 Å². The summed E-state index contributed by atoms with van der Waals surface area (Å²) >= 11 is 0. The molecule has 6 N–H and O–H groups in total. The Morgan fingerprint density at radius 1 is 0.925 bits per heavy atom. The number of aliphatic imine (C=N–C) groups is 1. The lowest BCUT2D eigenvalue weighted by molar-refractivity contribution is -0.136. The number of nitrogen functional groups attached to an aromatic ring is 1. The number of carboxylic acid groups (broad SMARTS) is 2. The van der Waals surface area contributed by atoms with Crippen molar-refractivity contribution in [2.45, 2.75) is 32.1 Å². The largest absolute Gasteiger partial charge is 0.494 e. The SMILES string of the molecule is N=C(N)c1ccc(OCCCC2CCN(CCCOc3ccc(C(=NCC(=O)O)NCC(=O)O)cc3)CC2)cc1. The van der Waals surface area contributed by atoms with Gasteiger partial charge in [-0.2, -0.15) is 0 Å². The predicted octanol–water partition coefficient (Wildman–Crippen LogP) is 2.82. The summed E-state index contributed by atoms with van der Waals surface area (Å²) in [5.74, 6) is 0.334. The first-order valence-corrected chi connectivity index (χ1v) is 13.5. The molecule has 11 heteroatoms. The number of rotatable bonds is 16. The summed E-state index contributed by atoms with van der Waals surface area (Å²) in [4.78, 5) is 28.1. The summed E-state index contributed by atoms with van der Waals surface area (Å²) in [6.45, 7) is 3.62. The van der Waals surface area contributed by atoms with Crippen molar-refractivity contribution < 1.29 is 29.3 Å². The lowest BCUT2D eigenvalue weighted by atomic mass is 9.92. The van der Waals surface area contributed by atoms with Gasteiger partial charge in [-0.05, 0) is 99.6 Å². The Bertz CT molecular complexity index is 1130. The second-order valence-corrected chi connectivity index (χ2v) is 9.75. The zero-order chi connectivity index (χ0) is 28.7. The highest BCUT2D eigenvalue weighted by molar-refractivity contribution is 6.00. The van der Waals surface area contributed by atoms with Crippen LogP contribution in [0.25, 0.3) is 0 Å². The Kier molecular flexibility index (Phi) is 12.2. The van der Waals surface area contributed by atoms with Gasteiger partial charge in [-0.3, -0.25) is 20.0 Å². The van der Waals surface area contributed by atoms with Crippen molar-refractivity contribution in [3.8, 4) is 11.5 Å². The number of ether oxygens (including phenoxy) is 2. The molecule has 0 amide bonds. The van der Waals surface area contributed by atoms with Gasteiger partial charge >= 0.3 is 11.9 Å². The number of benzene rings is 2. The van der Waals surface area contributed by atoms with Crippen molar-refractivity contribution in [2.75, 3.05) is 45.9 Å². The van der Waals surface area contributed by atoms with E-state index < -0.39 is 18.5 Å². The number of amidine groups is 2. The molecule has 1 aliphatic heterocycles. The smallest absolute Gasteiger partial charge is 0.325 e. The molecule has 0 aliphatic carbocycles. The molecule has 1 saturated heterocycles. The summed E-state index contributed by atoms with van der Waals surface area (Å²) in [6.07, 6.45) is 5.48. The van der Waals surface area contributed by atoms with Crippen LogP contribution in [0.5, 0.6) is 11.5 Å². The molecule has 1 fully saturated rings. The number of likely N-dealkylation sites (tertiary alicyclic amines) is 1. The highest BCUT2D eigenvalue weighted by atomic mass is 16.5. The summed E-state index contributed by atoms with van der Waals surface area (Å²) in [5, 5.41) is 27.8. The second kappa shape index (κ2) is 16.1. The standard InChI is InChI=1S/C29H39N5O6/c30-28(31)22-4-8-24(9-5-22)39-17-1-3-21-12-15-34(16-13-21)14-2-18-40-25-10-6-23(7-11-25)29(32-19-26(35)36)33-20-27(37)38/h4-11,21H,1-3,12-20H2,(H3,30,31)(H,32,33)(H,35,36)(H,37,38). The Balaban J connectivity index is 1.29. The maximum Gasteiger partial charge on any atom is 0.325 e. The average Bonchev–Trinajstić information content (AvgIpc) is 2.94. The number of hydrogen-bond donors (Lipinski definition) is 5. The van der Waals surface area contributed by atoms with Gasteiger partial charge in [0.1, 0.15) is 36.3 Å². The average molecular weight is 554 g/mol. The summed E-state index contributed by atoms with van der Waals surface area (Å²) < 4.78 is 11.7. The number of nitrogens with zero attached hydrogens (tertiary/aromatic N) is 2. The quantitative estimate of drug-likeness (QED) is 0.119. The molecule has 0 saturated carbocycles. The van der Waals surface area contributed by atoms with E-state index in [0.717, 1.165) is 50.6 Å². The predicted molar refractivity (Wildman–Crippen MR) is 153 cm³/mol. The topological polar surface area (TPSA) is 171 Å². The molecule has 2 aromatic carbocycles. The third-order valence-electron chi connectivity index (χ3n) is 6.69. The van der Waals surface area contributed by atoms with E-state index in [1.165, 1.54) is 12.8 Å². The number of nitrogens with one attached hydrogen (secondary N) is 2. The number of piperidine rings is 1. The molecule has 216 valence electrons. The molecule has 1 heterocycles. The Morgan fingerprint density at radius 2 is 1.50 bits per heavy atom. The minimum Gasteiger partial charge on any atom is -0.494 e. The molecule has 11 nitrogen and oxygen atoms in total. The number of nitrogens with two attached hydrogens (primary N) is 1. The first kappa shape index (κ1) is 30.4. The van der Waals surface area contributed by atoms with Crippen LogP contribution in [0.2, 0.25) is 0 Å². The van der Waals surface area contributed by atoms with Crippen molar-refractivity contribution in [3.63, 3.8) is 0 Å². The second-order valence-electron chi connectivity index (χ2n) is 9.75. The van der Waals surface area contributed by atoms with E-state index in [1.807, 2.05) is 12.1 Å². The van der Waals surface area contributed by atoms with Crippen LogP contribution in [0.3, 0.4) is 0 Å². The van der Waals surface area contributed by atoms with E-state index in [1.54, 1.807) is 36.4 Å². The lowest BCUT2D eigenvalue weighted by Gasteiger charge is -2.32. The highest BCUT2D eigenvalue weighted by Gasteiger charge is 2.18.